The molecule has 1 saturated heterocycles. The van der Waals surface area contributed by atoms with Crippen LogP contribution in [0.4, 0.5) is 0 Å². The standard InChI is InChI=1S/C19H19N3O2S/c1-13(18-20-17(21-24-18)16-7-4-10-25-16)22-9-8-19(12-22)15-6-3-2-5-14(15)11-23-19/h2-7,10,13H,8-9,11-12H2,1H3. The Balaban J connectivity index is 1.37. The van der Waals surface area contributed by atoms with Gasteiger partial charge in [-0.2, -0.15) is 4.98 Å². The van der Waals surface area contributed by atoms with Gasteiger partial charge in [0.1, 0.15) is 5.60 Å². The molecule has 0 N–H and O–H groups in total. The number of likely N-dealkylation sites (tertiary alicyclic amines) is 1. The summed E-state index contributed by atoms with van der Waals surface area (Å²) in [4.78, 5) is 8.02. The van der Waals surface area contributed by atoms with E-state index in [0.29, 0.717) is 18.3 Å². The number of hydrogen-bond acceptors (Lipinski definition) is 6. The second-order valence-electron chi connectivity index (χ2n) is 6.77. The lowest BCUT2D eigenvalue weighted by atomic mass is 9.92. The second kappa shape index (κ2) is 5.76. The molecule has 5 nitrogen and oxygen atoms in total. The summed E-state index contributed by atoms with van der Waals surface area (Å²) >= 11 is 1.62. The maximum Gasteiger partial charge on any atom is 0.244 e. The third-order valence-corrected chi connectivity index (χ3v) is 6.23. The minimum absolute atomic E-state index is 0.0805. The van der Waals surface area contributed by atoms with Crippen LogP contribution in [0.1, 0.15) is 36.4 Å². The Morgan fingerprint density at radius 2 is 2.16 bits per heavy atom. The van der Waals surface area contributed by atoms with Gasteiger partial charge in [-0.15, -0.1) is 11.3 Å². The van der Waals surface area contributed by atoms with E-state index in [1.54, 1.807) is 11.3 Å². The van der Waals surface area contributed by atoms with Crippen molar-refractivity contribution in [2.75, 3.05) is 13.1 Å². The Morgan fingerprint density at radius 1 is 1.24 bits per heavy atom. The molecule has 1 fully saturated rings. The van der Waals surface area contributed by atoms with Crippen molar-refractivity contribution >= 4 is 11.3 Å². The van der Waals surface area contributed by atoms with Crippen LogP contribution in [-0.4, -0.2) is 28.1 Å². The molecular formula is C19H19N3O2S. The van der Waals surface area contributed by atoms with Gasteiger partial charge in [-0.05, 0) is 35.9 Å². The first kappa shape index (κ1) is 15.3. The van der Waals surface area contributed by atoms with Crippen molar-refractivity contribution in [1.82, 2.24) is 15.0 Å². The summed E-state index contributed by atoms with van der Waals surface area (Å²) in [5.41, 5.74) is 2.48. The summed E-state index contributed by atoms with van der Waals surface area (Å²) < 4.78 is 11.8. The van der Waals surface area contributed by atoms with E-state index in [2.05, 4.69) is 46.2 Å². The third-order valence-electron chi connectivity index (χ3n) is 5.36. The highest BCUT2D eigenvalue weighted by atomic mass is 32.1. The van der Waals surface area contributed by atoms with Crippen LogP contribution >= 0.6 is 11.3 Å². The topological polar surface area (TPSA) is 51.4 Å². The van der Waals surface area contributed by atoms with E-state index in [-0.39, 0.29) is 11.6 Å². The SMILES string of the molecule is CC(c1nc(-c2cccs2)no1)N1CCC2(C1)OCc1ccccc12. The molecule has 2 atom stereocenters. The van der Waals surface area contributed by atoms with Crippen LogP contribution in [-0.2, 0) is 16.9 Å². The summed E-state index contributed by atoms with van der Waals surface area (Å²) in [5.74, 6) is 1.35. The van der Waals surface area contributed by atoms with E-state index >= 15 is 0 Å². The molecule has 2 aromatic heterocycles. The summed E-state index contributed by atoms with van der Waals surface area (Å²) in [7, 11) is 0. The average molecular weight is 353 g/mol. The normalized spacial score (nSPS) is 24.0. The van der Waals surface area contributed by atoms with Gasteiger partial charge in [0, 0.05) is 13.1 Å². The van der Waals surface area contributed by atoms with Crippen molar-refractivity contribution in [3.8, 4) is 10.7 Å². The van der Waals surface area contributed by atoms with Crippen LogP contribution in [0.5, 0.6) is 0 Å². The molecule has 1 aromatic carbocycles. The summed E-state index contributed by atoms with van der Waals surface area (Å²) in [6, 6.07) is 12.7. The van der Waals surface area contributed by atoms with Crippen molar-refractivity contribution < 1.29 is 9.26 Å². The number of hydrogen-bond donors (Lipinski definition) is 0. The number of rotatable bonds is 3. The van der Waals surface area contributed by atoms with E-state index in [9.17, 15) is 0 Å². The molecule has 0 radical (unpaired) electrons. The fraction of sp³-hybridized carbons (Fsp3) is 0.368. The second-order valence-corrected chi connectivity index (χ2v) is 7.72. The van der Waals surface area contributed by atoms with Crippen molar-refractivity contribution in [3.63, 3.8) is 0 Å². The minimum atomic E-state index is -0.179. The van der Waals surface area contributed by atoms with Gasteiger partial charge in [0.25, 0.3) is 0 Å². The zero-order valence-corrected chi connectivity index (χ0v) is 14.8. The molecule has 0 saturated carbocycles. The molecule has 25 heavy (non-hydrogen) atoms. The molecule has 0 aliphatic carbocycles. The van der Waals surface area contributed by atoms with Gasteiger partial charge in [-0.1, -0.05) is 35.5 Å². The van der Waals surface area contributed by atoms with Gasteiger partial charge in [0.15, 0.2) is 0 Å². The molecule has 2 unspecified atom stereocenters. The molecule has 5 rings (SSSR count). The van der Waals surface area contributed by atoms with E-state index in [0.717, 1.165) is 24.4 Å². The third kappa shape index (κ3) is 2.44. The Hall–Kier alpha value is -2.02. The first-order valence-corrected chi connectivity index (χ1v) is 9.47. The lowest BCUT2D eigenvalue weighted by Gasteiger charge is -2.26. The highest BCUT2D eigenvalue weighted by Gasteiger charge is 2.47. The smallest absolute Gasteiger partial charge is 0.244 e. The first-order valence-electron chi connectivity index (χ1n) is 8.59. The van der Waals surface area contributed by atoms with E-state index < -0.39 is 0 Å². The van der Waals surface area contributed by atoms with Gasteiger partial charge < -0.3 is 9.26 Å². The number of nitrogens with zero attached hydrogens (tertiary/aromatic N) is 3. The van der Waals surface area contributed by atoms with Crippen LogP contribution in [0.2, 0.25) is 0 Å². The van der Waals surface area contributed by atoms with Crippen molar-refractivity contribution in [1.29, 1.82) is 0 Å². The Labute approximate surface area is 150 Å². The van der Waals surface area contributed by atoms with Crippen molar-refractivity contribution in [3.05, 3.63) is 58.8 Å². The molecule has 6 heteroatoms. The largest absolute Gasteiger partial charge is 0.364 e. The molecule has 0 amide bonds. The lowest BCUT2D eigenvalue weighted by molar-refractivity contribution is -0.0325. The predicted octanol–water partition coefficient (Wildman–Crippen LogP) is 3.99. The molecular weight excluding hydrogens is 334 g/mol. The molecule has 128 valence electrons. The van der Waals surface area contributed by atoms with Gasteiger partial charge in [0.2, 0.25) is 11.7 Å². The number of ether oxygens (including phenoxy) is 1. The lowest BCUT2D eigenvalue weighted by Crippen LogP contribution is -2.32. The molecule has 0 bridgehead atoms. The molecule has 1 spiro atoms. The highest BCUT2D eigenvalue weighted by Crippen LogP contribution is 2.45. The predicted molar refractivity (Wildman–Crippen MR) is 95.1 cm³/mol. The first-order chi connectivity index (χ1) is 12.3. The average Bonchev–Trinajstić information content (AvgIpc) is 3.43. The van der Waals surface area contributed by atoms with Crippen molar-refractivity contribution in [2.45, 2.75) is 31.6 Å². The Morgan fingerprint density at radius 3 is 3.04 bits per heavy atom. The number of benzene rings is 1. The van der Waals surface area contributed by atoms with Crippen LogP contribution in [0.25, 0.3) is 10.7 Å². The fourth-order valence-corrected chi connectivity index (χ4v) is 4.58. The molecule has 3 aromatic rings. The Bertz CT molecular complexity index is 892. The molecule has 2 aliphatic rings. The minimum Gasteiger partial charge on any atom is -0.364 e. The monoisotopic (exact) mass is 353 g/mol. The van der Waals surface area contributed by atoms with Crippen molar-refractivity contribution in [2.24, 2.45) is 0 Å². The number of fused-ring (bicyclic) bond motifs is 2. The van der Waals surface area contributed by atoms with Gasteiger partial charge in [0.05, 0.1) is 17.5 Å². The zero-order valence-electron chi connectivity index (χ0n) is 14.0. The van der Waals surface area contributed by atoms with Crippen LogP contribution in [0, 0.1) is 0 Å². The van der Waals surface area contributed by atoms with Crippen LogP contribution < -0.4 is 0 Å². The molecule has 4 heterocycles. The summed E-state index contributed by atoms with van der Waals surface area (Å²) in [6.45, 7) is 4.67. The number of aromatic nitrogens is 2. The highest BCUT2D eigenvalue weighted by molar-refractivity contribution is 7.13. The molecule has 2 aliphatic heterocycles. The van der Waals surface area contributed by atoms with Gasteiger partial charge in [-0.25, -0.2) is 0 Å². The van der Waals surface area contributed by atoms with E-state index in [4.69, 9.17) is 9.26 Å². The van der Waals surface area contributed by atoms with E-state index in [1.165, 1.54) is 11.1 Å². The zero-order chi connectivity index (χ0) is 16.9. The van der Waals surface area contributed by atoms with Gasteiger partial charge >= 0.3 is 0 Å². The van der Waals surface area contributed by atoms with Crippen LogP contribution in [0.15, 0.2) is 46.3 Å². The maximum absolute atomic E-state index is 6.25. The van der Waals surface area contributed by atoms with Crippen LogP contribution in [0.3, 0.4) is 0 Å². The Kier molecular flexibility index (Phi) is 3.51. The summed E-state index contributed by atoms with van der Waals surface area (Å²) in [6.07, 6.45) is 1.00. The quantitative estimate of drug-likeness (QED) is 0.713. The fourth-order valence-electron chi connectivity index (χ4n) is 3.93. The van der Waals surface area contributed by atoms with Gasteiger partial charge in [-0.3, -0.25) is 4.90 Å². The summed E-state index contributed by atoms with van der Waals surface area (Å²) in [5, 5.41) is 6.16. The number of thiophene rings is 1. The van der Waals surface area contributed by atoms with E-state index in [1.807, 2.05) is 17.5 Å². The maximum atomic E-state index is 6.25.